The van der Waals surface area contributed by atoms with Crippen molar-refractivity contribution in [2.75, 3.05) is 0 Å². The van der Waals surface area contributed by atoms with Gasteiger partial charge in [-0.1, -0.05) is 20.8 Å². The van der Waals surface area contributed by atoms with Crippen LogP contribution in [-0.2, 0) is 4.46 Å². The van der Waals surface area contributed by atoms with Gasteiger partial charge in [-0.25, -0.2) is 0 Å². The Kier molecular flexibility index (Phi) is 2.90. The molecule has 0 radical (unpaired) electrons. The van der Waals surface area contributed by atoms with Crippen LogP contribution in [0.1, 0.15) is 27.7 Å². The van der Waals surface area contributed by atoms with Crippen LogP contribution in [0.2, 0.25) is 5.04 Å². The van der Waals surface area contributed by atoms with Crippen molar-refractivity contribution in [2.24, 2.45) is 4.66 Å². The highest BCUT2D eigenvalue weighted by molar-refractivity contribution is 6.45. The Morgan fingerprint density at radius 1 is 1.44 bits per heavy atom. The maximum absolute atomic E-state index is 11.1. The fourth-order valence-corrected chi connectivity index (χ4v) is 0.933. The maximum Gasteiger partial charge on any atom is 0.423 e. The Hall–Kier alpha value is -0.313. The fraction of sp³-hybridized carbons (Fsp3) is 0.833. The zero-order valence-corrected chi connectivity index (χ0v) is 7.43. The Morgan fingerprint density at radius 2 is 1.89 bits per heavy atom. The van der Waals surface area contributed by atoms with Crippen molar-refractivity contribution in [1.82, 2.24) is 0 Å². The Morgan fingerprint density at radius 3 is 2.00 bits per heavy atom. The standard InChI is InChI=1S/C6H13NOSi/c1-5-7-9(8)6(2,3)4/h5H,1-4H3/b7-5+. The van der Waals surface area contributed by atoms with E-state index in [4.69, 9.17) is 0 Å². The van der Waals surface area contributed by atoms with Crippen LogP contribution >= 0.6 is 0 Å². The van der Waals surface area contributed by atoms with Crippen molar-refractivity contribution >= 4 is 15.1 Å². The van der Waals surface area contributed by atoms with Gasteiger partial charge in [0.15, 0.2) is 0 Å². The second-order valence-corrected chi connectivity index (χ2v) is 5.31. The summed E-state index contributed by atoms with van der Waals surface area (Å²) >= 11 is 0. The summed E-state index contributed by atoms with van der Waals surface area (Å²) in [5.41, 5.74) is 0. The zero-order chi connectivity index (χ0) is 7.49. The number of nitrogens with zero attached hydrogens (tertiary/aromatic N) is 1. The van der Waals surface area contributed by atoms with Gasteiger partial charge in [0.25, 0.3) is 0 Å². The largest absolute Gasteiger partial charge is 0.423 e. The zero-order valence-electron chi connectivity index (χ0n) is 6.43. The third kappa shape index (κ3) is 3.29. The van der Waals surface area contributed by atoms with Crippen LogP contribution in [0.15, 0.2) is 4.66 Å². The number of rotatable bonds is 1. The first-order valence-corrected chi connectivity index (χ1v) is 4.37. The van der Waals surface area contributed by atoms with Gasteiger partial charge in [0.1, 0.15) is 0 Å². The van der Waals surface area contributed by atoms with Gasteiger partial charge in [0.05, 0.1) is 0 Å². The molecule has 0 bridgehead atoms. The van der Waals surface area contributed by atoms with Gasteiger partial charge < -0.3 is 4.46 Å². The number of hydrogen-bond donors (Lipinski definition) is 0. The van der Waals surface area contributed by atoms with Gasteiger partial charge in [0, 0.05) is 5.04 Å². The molecule has 0 aromatic carbocycles. The van der Waals surface area contributed by atoms with E-state index in [1.54, 1.807) is 13.1 Å². The topological polar surface area (TPSA) is 29.4 Å². The molecule has 0 aliphatic carbocycles. The maximum atomic E-state index is 11.1. The van der Waals surface area contributed by atoms with Gasteiger partial charge in [-0.15, -0.1) is 0 Å². The summed E-state index contributed by atoms with van der Waals surface area (Å²) in [5, 5.41) is -0.142. The third-order valence-corrected chi connectivity index (χ3v) is 2.66. The van der Waals surface area contributed by atoms with Crippen LogP contribution < -0.4 is 0 Å². The Balaban J connectivity index is 4.06. The van der Waals surface area contributed by atoms with Crippen LogP contribution in [0.5, 0.6) is 0 Å². The molecule has 0 saturated heterocycles. The molecule has 0 unspecified atom stereocenters. The molecule has 0 heterocycles. The molecular formula is C6H13NOSi. The highest BCUT2D eigenvalue weighted by Crippen LogP contribution is 2.22. The molecule has 0 aliphatic rings. The third-order valence-electron chi connectivity index (χ3n) is 0.888. The lowest BCUT2D eigenvalue weighted by molar-refractivity contribution is 0.527. The molecule has 0 atom stereocenters. The highest BCUT2D eigenvalue weighted by Gasteiger charge is 2.22. The molecule has 9 heavy (non-hydrogen) atoms. The fourth-order valence-electron chi connectivity index (χ4n) is 0.311. The smallest absolute Gasteiger partial charge is 0.357 e. The van der Waals surface area contributed by atoms with Crippen molar-refractivity contribution in [3.05, 3.63) is 0 Å². The molecule has 0 aromatic rings. The van der Waals surface area contributed by atoms with E-state index in [0.717, 1.165) is 0 Å². The molecule has 2 nitrogen and oxygen atoms in total. The molecule has 0 spiro atoms. The quantitative estimate of drug-likeness (QED) is 0.406. The van der Waals surface area contributed by atoms with E-state index in [-0.39, 0.29) is 5.04 Å². The minimum Gasteiger partial charge on any atom is -0.357 e. The lowest BCUT2D eigenvalue weighted by Gasteiger charge is -2.09. The first-order valence-electron chi connectivity index (χ1n) is 3.01. The molecule has 0 N–H and O–H groups in total. The summed E-state index contributed by atoms with van der Waals surface area (Å²) in [6.07, 6.45) is 1.60. The van der Waals surface area contributed by atoms with Crippen molar-refractivity contribution in [3.63, 3.8) is 0 Å². The van der Waals surface area contributed by atoms with Crippen molar-refractivity contribution in [3.8, 4) is 0 Å². The highest BCUT2D eigenvalue weighted by atomic mass is 28.3. The SMILES string of the molecule is C/C=N/[Si](=O)C(C)(C)C. The molecule has 0 amide bonds. The van der Waals surface area contributed by atoms with Gasteiger partial charge in [-0.2, -0.15) is 0 Å². The molecular weight excluding hydrogens is 130 g/mol. The lowest BCUT2D eigenvalue weighted by atomic mass is 10.3. The second-order valence-electron chi connectivity index (χ2n) is 2.94. The monoisotopic (exact) mass is 143 g/mol. The summed E-state index contributed by atoms with van der Waals surface area (Å²) in [5.74, 6) is 0. The first-order chi connectivity index (χ1) is 3.98. The van der Waals surface area contributed by atoms with E-state index in [1.165, 1.54) is 0 Å². The molecule has 52 valence electrons. The van der Waals surface area contributed by atoms with E-state index in [1.807, 2.05) is 20.8 Å². The van der Waals surface area contributed by atoms with E-state index in [9.17, 15) is 4.46 Å². The molecule has 0 saturated carbocycles. The number of hydrogen-bond acceptors (Lipinski definition) is 1. The van der Waals surface area contributed by atoms with E-state index < -0.39 is 8.84 Å². The summed E-state index contributed by atoms with van der Waals surface area (Å²) in [6, 6.07) is 0. The average molecular weight is 143 g/mol. The molecule has 0 fully saturated rings. The van der Waals surface area contributed by atoms with Crippen molar-refractivity contribution in [1.29, 1.82) is 0 Å². The summed E-state index contributed by atoms with van der Waals surface area (Å²) in [6.45, 7) is 7.58. The van der Waals surface area contributed by atoms with Crippen LogP contribution in [0, 0.1) is 0 Å². The van der Waals surface area contributed by atoms with Crippen LogP contribution in [0.4, 0.5) is 0 Å². The van der Waals surface area contributed by atoms with Crippen LogP contribution in [-0.4, -0.2) is 15.1 Å². The molecule has 0 aromatic heterocycles. The Bertz CT molecular complexity index is 134. The van der Waals surface area contributed by atoms with Gasteiger partial charge in [-0.05, 0) is 13.1 Å². The normalized spacial score (nSPS) is 12.4. The van der Waals surface area contributed by atoms with Crippen molar-refractivity contribution in [2.45, 2.75) is 32.7 Å². The predicted molar refractivity (Wildman–Crippen MR) is 40.3 cm³/mol. The van der Waals surface area contributed by atoms with Crippen LogP contribution in [0.25, 0.3) is 0 Å². The second kappa shape index (κ2) is 3.01. The molecule has 0 aliphatic heterocycles. The first kappa shape index (κ1) is 8.69. The summed E-state index contributed by atoms with van der Waals surface area (Å²) in [7, 11) is -1.74. The van der Waals surface area contributed by atoms with E-state index in [0.29, 0.717) is 0 Å². The molecule has 3 heteroatoms. The van der Waals surface area contributed by atoms with Gasteiger partial charge in [0.2, 0.25) is 0 Å². The minimum absolute atomic E-state index is 0.142. The van der Waals surface area contributed by atoms with Crippen LogP contribution in [0.3, 0.4) is 0 Å². The summed E-state index contributed by atoms with van der Waals surface area (Å²) < 4.78 is 14.9. The Labute approximate surface area is 57.7 Å². The minimum atomic E-state index is -1.74. The van der Waals surface area contributed by atoms with Crippen molar-refractivity contribution < 1.29 is 4.46 Å². The predicted octanol–water partition coefficient (Wildman–Crippen LogP) is 1.80. The lowest BCUT2D eigenvalue weighted by Crippen LogP contribution is -2.12. The average Bonchev–Trinajstić information content (AvgIpc) is 1.64. The van der Waals surface area contributed by atoms with E-state index >= 15 is 0 Å². The van der Waals surface area contributed by atoms with Gasteiger partial charge in [-0.3, -0.25) is 4.66 Å². The van der Waals surface area contributed by atoms with E-state index in [2.05, 4.69) is 4.66 Å². The molecule has 0 rings (SSSR count). The summed E-state index contributed by atoms with van der Waals surface area (Å²) in [4.78, 5) is 0. The van der Waals surface area contributed by atoms with Gasteiger partial charge >= 0.3 is 8.84 Å².